The van der Waals surface area contributed by atoms with E-state index in [4.69, 9.17) is 0 Å². The van der Waals surface area contributed by atoms with Gasteiger partial charge in [-0.3, -0.25) is 9.69 Å². The van der Waals surface area contributed by atoms with Crippen LogP contribution in [0.15, 0.2) is 89.8 Å². The summed E-state index contributed by atoms with van der Waals surface area (Å²) in [4.78, 5) is 32.9. The molecule has 3 aromatic rings. The van der Waals surface area contributed by atoms with Crippen molar-refractivity contribution >= 4 is 41.9 Å². The normalized spacial score (nSPS) is 17.3. The summed E-state index contributed by atoms with van der Waals surface area (Å²) in [7, 11) is 3.93. The molecule has 3 aromatic carbocycles. The van der Waals surface area contributed by atoms with E-state index in [-0.39, 0.29) is 30.1 Å². The number of carbonyl (C=O) groups is 2. The Bertz CT molecular complexity index is 1130. The van der Waals surface area contributed by atoms with E-state index >= 15 is 0 Å². The van der Waals surface area contributed by atoms with Crippen LogP contribution in [0.5, 0.6) is 0 Å². The van der Waals surface area contributed by atoms with Crippen LogP contribution in [0.3, 0.4) is 0 Å². The molecule has 0 spiro atoms. The highest BCUT2D eigenvalue weighted by Crippen LogP contribution is 2.47. The van der Waals surface area contributed by atoms with Gasteiger partial charge in [0.2, 0.25) is 0 Å². The molecule has 0 saturated heterocycles. The largest absolute Gasteiger partial charge is 0.465 e. The van der Waals surface area contributed by atoms with Gasteiger partial charge in [0.15, 0.2) is 0 Å². The summed E-state index contributed by atoms with van der Waals surface area (Å²) in [5, 5.41) is 9.93. The number of rotatable bonds is 7. The van der Waals surface area contributed by atoms with Gasteiger partial charge < -0.3 is 14.9 Å². The summed E-state index contributed by atoms with van der Waals surface area (Å²) < 4.78 is 0. The number of carboxylic acid groups (broad SMARTS) is 1. The van der Waals surface area contributed by atoms with Crippen LogP contribution in [0.2, 0.25) is 0 Å². The first kappa shape index (κ1) is 26.6. The molecule has 0 fully saturated rings. The van der Waals surface area contributed by atoms with Crippen LogP contribution < -0.4 is 4.90 Å². The Morgan fingerprint density at radius 2 is 1.54 bits per heavy atom. The quantitative estimate of drug-likeness (QED) is 0.460. The van der Waals surface area contributed by atoms with Gasteiger partial charge in [-0.2, -0.15) is 0 Å². The highest BCUT2D eigenvalue weighted by Gasteiger charge is 2.43. The zero-order chi connectivity index (χ0) is 24.1. The lowest BCUT2D eigenvalue weighted by molar-refractivity contribution is -0.123. The molecule has 0 unspecified atom stereocenters. The second kappa shape index (κ2) is 12.1. The number of nitrogens with zero attached hydrogens (tertiary/aromatic N) is 3. The average Bonchev–Trinajstić information content (AvgIpc) is 2.96. The standard InChI is InChI=1S/C27H29N3O3S.ClH/c1-28(2)17-18-29-22-15-9-10-16-23(22)34-25(21-13-7-4-8-14-21)24(26(29)31)30(27(32)33)19-20-11-5-3-6-12-20;/h3-16,24-25H,17-19H2,1-2H3,(H,32,33);1H/t24-,25+;/m0./s1. The molecule has 0 radical (unpaired) electrons. The second-order valence-electron chi connectivity index (χ2n) is 8.55. The average molecular weight is 512 g/mol. The van der Waals surface area contributed by atoms with Gasteiger partial charge in [-0.05, 0) is 37.4 Å². The first-order valence-corrected chi connectivity index (χ1v) is 12.1. The highest BCUT2D eigenvalue weighted by atomic mass is 35.5. The molecule has 1 N–H and O–H groups in total. The fourth-order valence-corrected chi connectivity index (χ4v) is 5.59. The van der Waals surface area contributed by atoms with E-state index in [2.05, 4.69) is 0 Å². The summed E-state index contributed by atoms with van der Waals surface area (Å²) in [6.45, 7) is 1.27. The van der Waals surface area contributed by atoms with E-state index in [1.54, 1.807) is 16.7 Å². The Balaban J connectivity index is 0.00000342. The molecule has 0 aliphatic carbocycles. The van der Waals surface area contributed by atoms with Crippen molar-refractivity contribution in [3.8, 4) is 0 Å². The van der Waals surface area contributed by atoms with Gasteiger partial charge in [0.05, 0.1) is 10.9 Å². The number of hydrogen-bond donors (Lipinski definition) is 1. The maximum Gasteiger partial charge on any atom is 0.408 e. The number of para-hydroxylation sites is 1. The van der Waals surface area contributed by atoms with Gasteiger partial charge in [-0.1, -0.05) is 72.8 Å². The third-order valence-electron chi connectivity index (χ3n) is 5.89. The number of hydrogen-bond acceptors (Lipinski definition) is 4. The lowest BCUT2D eigenvalue weighted by Crippen LogP contribution is -2.53. The Morgan fingerprint density at radius 1 is 0.943 bits per heavy atom. The van der Waals surface area contributed by atoms with Crippen molar-refractivity contribution in [3.05, 3.63) is 96.1 Å². The van der Waals surface area contributed by atoms with Gasteiger partial charge in [-0.15, -0.1) is 24.2 Å². The van der Waals surface area contributed by atoms with E-state index in [1.807, 2.05) is 104 Å². The summed E-state index contributed by atoms with van der Waals surface area (Å²) in [5.74, 6) is -0.202. The number of carbonyl (C=O) groups excluding carboxylic acids is 1. The van der Waals surface area contributed by atoms with Crippen LogP contribution in [-0.4, -0.2) is 60.1 Å². The molecule has 35 heavy (non-hydrogen) atoms. The SMILES string of the molecule is CN(C)CCN1C(=O)[C@@H](N(Cc2ccccc2)C(=O)O)[C@@H](c2ccccc2)Sc2ccccc21.Cl. The third kappa shape index (κ3) is 6.17. The number of anilines is 1. The predicted octanol–water partition coefficient (Wildman–Crippen LogP) is 5.40. The van der Waals surface area contributed by atoms with Crippen LogP contribution >= 0.6 is 24.2 Å². The van der Waals surface area contributed by atoms with Crippen molar-refractivity contribution in [2.24, 2.45) is 0 Å². The Kier molecular flexibility index (Phi) is 9.20. The lowest BCUT2D eigenvalue weighted by atomic mass is 10.0. The third-order valence-corrected chi connectivity index (χ3v) is 7.28. The molecule has 1 heterocycles. The van der Waals surface area contributed by atoms with Crippen molar-refractivity contribution < 1.29 is 14.7 Å². The maximum absolute atomic E-state index is 14.2. The first-order valence-electron chi connectivity index (χ1n) is 11.3. The molecule has 2 amide bonds. The van der Waals surface area contributed by atoms with Gasteiger partial charge in [-0.25, -0.2) is 4.79 Å². The molecule has 4 rings (SSSR count). The van der Waals surface area contributed by atoms with Crippen molar-refractivity contribution in [1.82, 2.24) is 9.80 Å². The van der Waals surface area contributed by atoms with Crippen molar-refractivity contribution in [3.63, 3.8) is 0 Å². The smallest absolute Gasteiger partial charge is 0.408 e. The minimum absolute atomic E-state index is 0. The number of halogens is 1. The predicted molar refractivity (Wildman–Crippen MR) is 143 cm³/mol. The molecule has 6 nitrogen and oxygen atoms in total. The van der Waals surface area contributed by atoms with Gasteiger partial charge in [0, 0.05) is 24.5 Å². The number of amides is 2. The molecular formula is C27H30ClN3O3S. The van der Waals surface area contributed by atoms with Gasteiger partial charge in [0.25, 0.3) is 5.91 Å². The minimum atomic E-state index is -1.11. The lowest BCUT2D eigenvalue weighted by Gasteiger charge is -2.35. The zero-order valence-electron chi connectivity index (χ0n) is 19.8. The summed E-state index contributed by atoms with van der Waals surface area (Å²) in [6.07, 6.45) is -1.11. The highest BCUT2D eigenvalue weighted by molar-refractivity contribution is 7.99. The van der Waals surface area contributed by atoms with Crippen LogP contribution in [0, 0.1) is 0 Å². The molecule has 0 bridgehead atoms. The fourth-order valence-electron chi connectivity index (χ4n) is 4.17. The zero-order valence-corrected chi connectivity index (χ0v) is 21.4. The summed E-state index contributed by atoms with van der Waals surface area (Å²) in [6, 6.07) is 26.1. The van der Waals surface area contributed by atoms with E-state index in [9.17, 15) is 14.7 Å². The van der Waals surface area contributed by atoms with Crippen LogP contribution in [0.4, 0.5) is 10.5 Å². The Labute approximate surface area is 216 Å². The molecule has 1 aliphatic heterocycles. The van der Waals surface area contributed by atoms with Crippen LogP contribution in [-0.2, 0) is 11.3 Å². The number of benzene rings is 3. The molecule has 184 valence electrons. The molecule has 0 aromatic heterocycles. The van der Waals surface area contributed by atoms with E-state index in [0.717, 1.165) is 21.7 Å². The first-order chi connectivity index (χ1) is 16.5. The monoisotopic (exact) mass is 511 g/mol. The van der Waals surface area contributed by atoms with Gasteiger partial charge in [0.1, 0.15) is 6.04 Å². The topological polar surface area (TPSA) is 64.1 Å². The van der Waals surface area contributed by atoms with E-state index in [0.29, 0.717) is 13.1 Å². The van der Waals surface area contributed by atoms with Crippen LogP contribution in [0.1, 0.15) is 16.4 Å². The molecular weight excluding hydrogens is 482 g/mol. The molecule has 1 aliphatic rings. The number of fused-ring (bicyclic) bond motifs is 1. The van der Waals surface area contributed by atoms with Crippen LogP contribution in [0.25, 0.3) is 0 Å². The van der Waals surface area contributed by atoms with Crippen molar-refractivity contribution in [1.29, 1.82) is 0 Å². The Morgan fingerprint density at radius 3 is 2.17 bits per heavy atom. The van der Waals surface area contributed by atoms with Crippen molar-refractivity contribution in [2.75, 3.05) is 32.1 Å². The minimum Gasteiger partial charge on any atom is -0.465 e. The summed E-state index contributed by atoms with van der Waals surface area (Å²) in [5.41, 5.74) is 2.60. The maximum atomic E-state index is 14.2. The molecule has 8 heteroatoms. The van der Waals surface area contributed by atoms with Gasteiger partial charge >= 0.3 is 6.09 Å². The molecule has 2 atom stereocenters. The molecule has 0 saturated carbocycles. The number of likely N-dealkylation sites (N-methyl/N-ethyl adjacent to an activating group) is 1. The number of thioether (sulfide) groups is 1. The van der Waals surface area contributed by atoms with E-state index in [1.165, 1.54) is 4.90 Å². The Hall–Kier alpha value is -3.00. The fraction of sp³-hybridized carbons (Fsp3) is 0.259. The second-order valence-corrected chi connectivity index (χ2v) is 9.73. The van der Waals surface area contributed by atoms with Crippen molar-refractivity contribution in [2.45, 2.75) is 22.7 Å². The summed E-state index contributed by atoms with van der Waals surface area (Å²) >= 11 is 1.56. The van der Waals surface area contributed by atoms with E-state index < -0.39 is 12.1 Å².